The molecule has 4 aliphatic rings. The van der Waals surface area contributed by atoms with Crippen LogP contribution in [-0.2, 0) is 10.8 Å². The van der Waals surface area contributed by atoms with Crippen LogP contribution in [0.25, 0.3) is 55.6 Å². The predicted molar refractivity (Wildman–Crippen MR) is 312 cm³/mol. The quantitative estimate of drug-likeness (QED) is 0.166. The lowest BCUT2D eigenvalue weighted by atomic mass is 9.66. The normalized spacial score (nSPS) is 13.9. The molecule has 0 amide bonds. The Bertz CT molecular complexity index is 4000. The van der Waals surface area contributed by atoms with Gasteiger partial charge in [-0.1, -0.05) is 206 Å². The molecule has 0 saturated carbocycles. The molecule has 12 aromatic carbocycles. The van der Waals surface area contributed by atoms with Gasteiger partial charge in [-0.15, -0.1) is 0 Å². The highest BCUT2D eigenvalue weighted by Crippen LogP contribution is 2.65. The minimum atomic E-state index is -0.572. The van der Waals surface area contributed by atoms with Crippen molar-refractivity contribution in [3.63, 3.8) is 0 Å². The molecule has 2 heterocycles. The predicted octanol–water partition coefficient (Wildman–Crippen LogP) is 19.1. The van der Waals surface area contributed by atoms with E-state index in [1.54, 1.807) is 0 Å². The van der Waals surface area contributed by atoms with Crippen LogP contribution in [0.2, 0.25) is 0 Å². The van der Waals surface area contributed by atoms with Gasteiger partial charge in [0.1, 0.15) is 23.0 Å². The number of benzene rings is 12. The molecule has 2 aliphatic heterocycles. The first-order valence-corrected chi connectivity index (χ1v) is 26.6. The molecule has 0 unspecified atom stereocenters. The molecule has 12 aromatic rings. The zero-order chi connectivity index (χ0) is 50.7. The smallest absolute Gasteiger partial charge is 0.132 e. The molecule has 0 saturated heterocycles. The van der Waals surface area contributed by atoms with E-state index in [-0.39, 0.29) is 0 Å². The van der Waals surface area contributed by atoms with E-state index in [9.17, 15) is 0 Å². The largest absolute Gasteiger partial charge is 0.457 e. The van der Waals surface area contributed by atoms with Crippen LogP contribution in [0.3, 0.4) is 0 Å². The van der Waals surface area contributed by atoms with E-state index in [0.717, 1.165) is 73.4 Å². The van der Waals surface area contributed by atoms with E-state index in [1.165, 1.54) is 66.8 Å². The zero-order valence-electron chi connectivity index (χ0n) is 41.9. The summed E-state index contributed by atoms with van der Waals surface area (Å²) < 4.78 is 13.4. The summed E-state index contributed by atoms with van der Waals surface area (Å²) in [6.45, 7) is 0. The van der Waals surface area contributed by atoms with Crippen LogP contribution in [0, 0.1) is 0 Å². The van der Waals surface area contributed by atoms with Gasteiger partial charge in [-0.05, 0) is 157 Å². The van der Waals surface area contributed by atoms with Crippen LogP contribution >= 0.6 is 0 Å². The highest BCUT2D eigenvalue weighted by molar-refractivity contribution is 5.95. The highest BCUT2D eigenvalue weighted by Gasteiger charge is 2.53. The topological polar surface area (TPSA) is 21.7 Å². The Morgan fingerprint density at radius 3 is 0.896 bits per heavy atom. The maximum Gasteiger partial charge on any atom is 0.132 e. The third kappa shape index (κ3) is 6.26. The summed E-state index contributed by atoms with van der Waals surface area (Å²) in [5, 5.41) is 0. The van der Waals surface area contributed by atoms with Crippen molar-refractivity contribution < 1.29 is 9.47 Å². The lowest BCUT2D eigenvalue weighted by Gasteiger charge is -2.39. The SMILES string of the molecule is c1ccc(-c2cc(-c3ccccc3)cc(-c3ccc(N(c4ccc5c(c4)-c4ccccc4C54c5ccccc5Oc5ccccc54)c4ccc5c(c4)-c4ccccc4C54c5ccccc5Oc5ccccc54)cc3)c2)cc1. The van der Waals surface area contributed by atoms with E-state index in [4.69, 9.17) is 9.47 Å². The van der Waals surface area contributed by atoms with Gasteiger partial charge >= 0.3 is 0 Å². The second kappa shape index (κ2) is 16.8. The van der Waals surface area contributed by atoms with Gasteiger partial charge < -0.3 is 14.4 Å². The van der Waals surface area contributed by atoms with Gasteiger partial charge in [-0.25, -0.2) is 0 Å². The molecule has 360 valence electrons. The molecule has 3 nitrogen and oxygen atoms in total. The molecular weight excluding hydrogens is 935 g/mol. The average Bonchev–Trinajstić information content (AvgIpc) is 4.07. The fourth-order valence-electron chi connectivity index (χ4n) is 13.6. The second-order valence-corrected chi connectivity index (χ2v) is 20.7. The Labute approximate surface area is 448 Å². The molecule has 2 spiro atoms. The summed E-state index contributed by atoms with van der Waals surface area (Å²) in [6.07, 6.45) is 0. The fourth-order valence-corrected chi connectivity index (χ4v) is 13.6. The molecule has 3 heteroatoms. The Morgan fingerprint density at radius 1 is 0.208 bits per heavy atom. The average molecular weight is 982 g/mol. The second-order valence-electron chi connectivity index (χ2n) is 20.7. The van der Waals surface area contributed by atoms with Gasteiger partial charge in [0.05, 0.1) is 10.8 Å². The Hall–Kier alpha value is -9.96. The number of para-hydroxylation sites is 4. The lowest BCUT2D eigenvalue weighted by Crippen LogP contribution is -2.32. The molecule has 0 bridgehead atoms. The maximum atomic E-state index is 6.70. The van der Waals surface area contributed by atoms with E-state index in [2.05, 4.69) is 290 Å². The van der Waals surface area contributed by atoms with E-state index >= 15 is 0 Å². The van der Waals surface area contributed by atoms with Crippen molar-refractivity contribution in [1.82, 2.24) is 0 Å². The number of hydrogen-bond acceptors (Lipinski definition) is 3. The molecule has 77 heavy (non-hydrogen) atoms. The number of ether oxygens (including phenoxy) is 2. The number of fused-ring (bicyclic) bond motifs is 18. The first-order valence-electron chi connectivity index (χ1n) is 26.6. The summed E-state index contributed by atoms with van der Waals surface area (Å²) in [7, 11) is 0. The standard InChI is InChI=1S/C74H47NO2/c1-3-19-48(20-4-1)51-43-52(49-21-5-2-6-22-49)45-53(44-51)50-35-37-54(38-36-50)75(55-39-41-63-59(46-55)57-23-7-9-25-61(57)73(63)65-27-11-15-31-69(65)76-70-32-16-12-28-66(70)73)56-40-42-64-60(47-56)58-24-8-10-26-62(58)74(64)67-29-13-17-33-71(67)77-72-34-18-14-30-68(72)74/h1-47H. The van der Waals surface area contributed by atoms with Crippen molar-refractivity contribution in [3.05, 3.63) is 330 Å². The van der Waals surface area contributed by atoms with Crippen LogP contribution in [0.1, 0.15) is 44.5 Å². The van der Waals surface area contributed by atoms with Gasteiger partial charge in [-0.3, -0.25) is 0 Å². The van der Waals surface area contributed by atoms with E-state index in [1.807, 2.05) is 0 Å². The number of hydrogen-bond donors (Lipinski definition) is 0. The van der Waals surface area contributed by atoms with Gasteiger partial charge in [-0.2, -0.15) is 0 Å². The monoisotopic (exact) mass is 981 g/mol. The molecular formula is C74H47NO2. The van der Waals surface area contributed by atoms with Gasteiger partial charge in [0.2, 0.25) is 0 Å². The minimum absolute atomic E-state index is 0.572. The molecule has 0 atom stereocenters. The Morgan fingerprint density at radius 2 is 0.506 bits per heavy atom. The Balaban J connectivity index is 0.910. The zero-order valence-corrected chi connectivity index (χ0v) is 41.9. The molecule has 16 rings (SSSR count). The van der Waals surface area contributed by atoms with Crippen LogP contribution in [0.4, 0.5) is 17.1 Å². The molecule has 0 aromatic heterocycles. The summed E-state index contributed by atoms with van der Waals surface area (Å²) in [5.41, 5.74) is 23.6. The van der Waals surface area contributed by atoms with Crippen LogP contribution in [0.5, 0.6) is 23.0 Å². The van der Waals surface area contributed by atoms with Crippen molar-refractivity contribution in [2.45, 2.75) is 10.8 Å². The van der Waals surface area contributed by atoms with Crippen molar-refractivity contribution in [2.75, 3.05) is 4.90 Å². The first kappa shape index (κ1) is 43.4. The third-order valence-electron chi connectivity index (χ3n) is 16.8. The van der Waals surface area contributed by atoms with Crippen LogP contribution < -0.4 is 14.4 Å². The number of anilines is 3. The van der Waals surface area contributed by atoms with Gasteiger partial charge in [0.15, 0.2) is 0 Å². The lowest BCUT2D eigenvalue weighted by molar-refractivity contribution is 0.436. The fraction of sp³-hybridized carbons (Fsp3) is 0.0270. The van der Waals surface area contributed by atoms with Crippen molar-refractivity contribution in [2.24, 2.45) is 0 Å². The number of rotatable bonds is 6. The van der Waals surface area contributed by atoms with Gasteiger partial charge in [0, 0.05) is 39.3 Å². The number of nitrogens with zero attached hydrogens (tertiary/aromatic N) is 1. The van der Waals surface area contributed by atoms with E-state index < -0.39 is 10.8 Å². The molecule has 0 N–H and O–H groups in total. The highest BCUT2D eigenvalue weighted by atomic mass is 16.5. The summed E-state index contributed by atoms with van der Waals surface area (Å²) in [6, 6.07) is 104. The summed E-state index contributed by atoms with van der Waals surface area (Å²) in [5.74, 6) is 3.54. The van der Waals surface area contributed by atoms with Crippen molar-refractivity contribution >= 4 is 17.1 Å². The first-order chi connectivity index (χ1) is 38.2. The Kier molecular flexibility index (Phi) is 9.47. The minimum Gasteiger partial charge on any atom is -0.457 e. The van der Waals surface area contributed by atoms with Gasteiger partial charge in [0.25, 0.3) is 0 Å². The summed E-state index contributed by atoms with van der Waals surface area (Å²) in [4.78, 5) is 2.46. The summed E-state index contributed by atoms with van der Waals surface area (Å²) >= 11 is 0. The van der Waals surface area contributed by atoms with Crippen molar-refractivity contribution in [1.29, 1.82) is 0 Å². The van der Waals surface area contributed by atoms with Crippen LogP contribution in [-0.4, -0.2) is 0 Å². The van der Waals surface area contributed by atoms with Crippen LogP contribution in [0.15, 0.2) is 285 Å². The molecule has 0 radical (unpaired) electrons. The maximum absolute atomic E-state index is 6.70. The third-order valence-corrected chi connectivity index (χ3v) is 16.8. The molecule has 0 fully saturated rings. The van der Waals surface area contributed by atoms with Crippen molar-refractivity contribution in [3.8, 4) is 78.6 Å². The molecule has 2 aliphatic carbocycles. The van der Waals surface area contributed by atoms with E-state index in [0.29, 0.717) is 0 Å².